The van der Waals surface area contributed by atoms with Gasteiger partial charge in [0.25, 0.3) is 0 Å². The molecule has 1 aromatic rings. The van der Waals surface area contributed by atoms with Crippen LogP contribution in [0.2, 0.25) is 0 Å². The second-order valence-corrected chi connectivity index (χ2v) is 3.11. The molecule has 0 radical (unpaired) electrons. The van der Waals surface area contributed by atoms with Crippen LogP contribution < -0.4 is 0 Å². The molecule has 0 spiro atoms. The fourth-order valence-electron chi connectivity index (χ4n) is 1.15. The van der Waals surface area contributed by atoms with Crippen LogP contribution in [0.15, 0.2) is 18.3 Å². The number of aromatic nitrogens is 1. The summed E-state index contributed by atoms with van der Waals surface area (Å²) in [5.41, 5.74) is 1.44. The van der Waals surface area contributed by atoms with Gasteiger partial charge in [-0.1, -0.05) is 0 Å². The summed E-state index contributed by atoms with van der Waals surface area (Å²) >= 11 is 0. The van der Waals surface area contributed by atoms with Crippen molar-refractivity contribution in [2.45, 2.75) is 19.7 Å². The summed E-state index contributed by atoms with van der Waals surface area (Å²) < 4.78 is 4.58. The molecule has 0 amide bonds. The Labute approximate surface area is 90.4 Å². The summed E-state index contributed by atoms with van der Waals surface area (Å²) in [6.07, 6.45) is 3.37. The van der Waals surface area contributed by atoms with Crippen LogP contribution in [0.4, 0.5) is 0 Å². The molecule has 0 fully saturated rings. The molecule has 1 rings (SSSR count). The fraction of sp³-hybridized carbons (Fsp3) is 0.364. The molecule has 78 valence electrons. The number of ether oxygens (including phenoxy) is 1. The first-order valence-electron chi connectivity index (χ1n) is 4.96. The van der Waals surface area contributed by atoms with Crippen molar-refractivity contribution in [3.63, 3.8) is 0 Å². The van der Waals surface area contributed by atoms with E-state index in [1.807, 2.05) is 6.07 Å². The average Bonchev–Trinajstić information content (AvgIpc) is 2.29. The van der Waals surface area contributed by atoms with Crippen LogP contribution in [0.5, 0.6) is 0 Å². The molecular weight excluding hydrogens is 189 g/mol. The molecule has 0 aromatic carbocycles. The summed E-state index contributed by atoms with van der Waals surface area (Å²) in [7, 11) is 1.36. The van der Waals surface area contributed by atoms with Gasteiger partial charge in [-0.25, -0.2) is 0 Å². The van der Waals surface area contributed by atoms with Gasteiger partial charge in [-0.3, -0.25) is 0 Å². The van der Waals surface area contributed by atoms with Gasteiger partial charge in [0.05, 0.1) is 0 Å². The maximum atomic E-state index is 11.1. The third kappa shape index (κ3) is 3.66. The van der Waals surface area contributed by atoms with Gasteiger partial charge in [0.2, 0.25) is 0 Å². The van der Waals surface area contributed by atoms with E-state index in [9.17, 15) is 4.79 Å². The van der Waals surface area contributed by atoms with Crippen LogP contribution in [0.3, 0.4) is 0 Å². The molecule has 4 heteroatoms. The van der Waals surface area contributed by atoms with Crippen LogP contribution in [0.25, 0.3) is 0 Å². The fourth-order valence-corrected chi connectivity index (χ4v) is 1.15. The molecule has 0 N–H and O–H groups in total. The van der Waals surface area contributed by atoms with E-state index in [0.29, 0.717) is 5.56 Å². The molecule has 0 atom stereocenters. The molecule has 1 aromatic heterocycles. The number of hydrogen-bond donors (Lipinski definition) is 0. The van der Waals surface area contributed by atoms with Gasteiger partial charge >= 0.3 is 89.7 Å². The van der Waals surface area contributed by atoms with E-state index in [2.05, 4.69) is 29.5 Å². The van der Waals surface area contributed by atoms with E-state index in [4.69, 9.17) is 0 Å². The minimum atomic E-state index is -0.349. The first-order valence-corrected chi connectivity index (χ1v) is 4.96. The predicted octanol–water partition coefficient (Wildman–Crippen LogP) is 1.28. The summed E-state index contributed by atoms with van der Waals surface area (Å²) in [6.45, 7) is 4.16. The maximum absolute atomic E-state index is 11.1. The molecule has 1 heterocycles. The topological polar surface area (TPSA) is 39.2 Å². The zero-order chi connectivity index (χ0) is 11.1. The van der Waals surface area contributed by atoms with Crippen molar-refractivity contribution in [2.24, 2.45) is 0 Å². The van der Waals surface area contributed by atoms with E-state index >= 15 is 0 Å². The Morgan fingerprint density at radius 1 is 1.60 bits per heavy atom. The summed E-state index contributed by atoms with van der Waals surface area (Å²) in [5.74, 6) is 1.74. The quantitative estimate of drug-likeness (QED) is 0.546. The van der Waals surface area contributed by atoms with Crippen molar-refractivity contribution in [1.82, 2.24) is 4.98 Å². The Morgan fingerprint density at radius 2 is 2.40 bits per heavy atom. The van der Waals surface area contributed by atoms with E-state index in [0.717, 1.165) is 18.4 Å². The number of hydrogen-bond acceptors (Lipinski definition) is 3. The number of esters is 1. The van der Waals surface area contributed by atoms with Gasteiger partial charge in [0.1, 0.15) is 0 Å². The Morgan fingerprint density at radius 3 is 2.93 bits per heavy atom. The first-order chi connectivity index (χ1) is 7.27. The molecule has 0 unspecified atom stereocenters. The standard InChI is InChI=1S/C11H14BNO2/c1-3-6-12-7-10-5-4-9(8-13-10)11(14)15-2/h4-6,8H,3,7H2,1-2H3. The van der Waals surface area contributed by atoms with E-state index in [1.54, 1.807) is 12.3 Å². The van der Waals surface area contributed by atoms with Gasteiger partial charge < -0.3 is 0 Å². The average molecular weight is 203 g/mol. The van der Waals surface area contributed by atoms with Crippen molar-refractivity contribution in [2.75, 3.05) is 7.11 Å². The second kappa shape index (κ2) is 6.12. The van der Waals surface area contributed by atoms with Crippen molar-refractivity contribution in [3.05, 3.63) is 29.6 Å². The molecule has 0 aliphatic rings. The number of carbonyl (C=O) groups excluding carboxylic acids is 1. The molecule has 3 nitrogen and oxygen atoms in total. The minimum absolute atomic E-state index is 0.349. The van der Waals surface area contributed by atoms with Crippen molar-refractivity contribution < 1.29 is 9.53 Å². The van der Waals surface area contributed by atoms with E-state index in [1.165, 1.54) is 7.11 Å². The van der Waals surface area contributed by atoms with Crippen LogP contribution >= 0.6 is 0 Å². The van der Waals surface area contributed by atoms with E-state index in [-0.39, 0.29) is 5.97 Å². The SMILES string of the molecule is CCC=BCc1ccc(C(=O)OC)cn1. The second-order valence-electron chi connectivity index (χ2n) is 3.11. The molecular formula is C11H14BNO2. The number of methoxy groups -OCH3 is 1. The predicted molar refractivity (Wildman–Crippen MR) is 61.4 cm³/mol. The molecule has 0 aliphatic carbocycles. The molecule has 0 bridgehead atoms. The van der Waals surface area contributed by atoms with Crippen molar-refractivity contribution >= 4 is 18.9 Å². The van der Waals surface area contributed by atoms with Gasteiger partial charge in [-0.2, -0.15) is 0 Å². The van der Waals surface area contributed by atoms with E-state index < -0.39 is 0 Å². The summed E-state index contributed by atoms with van der Waals surface area (Å²) in [5, 5.41) is 0. The first kappa shape index (κ1) is 11.6. The number of nitrogens with zero attached hydrogens (tertiary/aromatic N) is 1. The van der Waals surface area contributed by atoms with Gasteiger partial charge in [0.15, 0.2) is 0 Å². The summed E-state index contributed by atoms with van der Waals surface area (Å²) in [4.78, 5) is 15.3. The summed E-state index contributed by atoms with van der Waals surface area (Å²) in [6, 6.07) is 3.57. The van der Waals surface area contributed by atoms with Crippen LogP contribution in [0, 0.1) is 0 Å². The number of carbonyl (C=O) groups is 1. The van der Waals surface area contributed by atoms with Crippen molar-refractivity contribution in [1.29, 1.82) is 0 Å². The monoisotopic (exact) mass is 203 g/mol. The molecule has 0 saturated heterocycles. The van der Waals surface area contributed by atoms with Gasteiger partial charge in [0, 0.05) is 0 Å². The molecule has 15 heavy (non-hydrogen) atoms. The Kier molecular flexibility index (Phi) is 4.74. The van der Waals surface area contributed by atoms with Gasteiger partial charge in [-0.15, -0.1) is 0 Å². The third-order valence-corrected chi connectivity index (χ3v) is 1.98. The zero-order valence-electron chi connectivity index (χ0n) is 9.06. The number of pyridine rings is 1. The normalized spacial score (nSPS) is 10.0. The Balaban J connectivity index is 2.64. The van der Waals surface area contributed by atoms with Crippen molar-refractivity contribution in [3.8, 4) is 0 Å². The molecule has 0 saturated carbocycles. The Hall–Kier alpha value is -1.45. The Bertz CT molecular complexity index is 346. The number of rotatable bonds is 4. The molecule has 0 aliphatic heterocycles. The van der Waals surface area contributed by atoms with Gasteiger partial charge in [-0.05, 0) is 0 Å². The van der Waals surface area contributed by atoms with Crippen LogP contribution in [-0.4, -0.2) is 31.0 Å². The zero-order valence-corrected chi connectivity index (χ0v) is 9.06. The van der Waals surface area contributed by atoms with Crippen LogP contribution in [0.1, 0.15) is 29.4 Å². The third-order valence-electron chi connectivity index (χ3n) is 1.98. The van der Waals surface area contributed by atoms with Crippen LogP contribution in [-0.2, 0) is 11.1 Å².